The van der Waals surface area contributed by atoms with Gasteiger partial charge in [0.25, 0.3) is 0 Å². The van der Waals surface area contributed by atoms with Crippen LogP contribution in [0.1, 0.15) is 24.8 Å². The first-order valence-electron chi connectivity index (χ1n) is 8.04. The summed E-state index contributed by atoms with van der Waals surface area (Å²) in [6.07, 6.45) is 5.27. The fraction of sp³-hybridized carbons (Fsp3) is 0.588. The zero-order chi connectivity index (χ0) is 15.4. The zero-order valence-corrected chi connectivity index (χ0v) is 16.1. The molecule has 128 valence electrons. The van der Waals surface area contributed by atoms with Gasteiger partial charge in [-0.15, -0.1) is 24.0 Å². The van der Waals surface area contributed by atoms with Crippen molar-refractivity contribution in [2.75, 3.05) is 20.7 Å². The number of halogens is 1. The molecule has 6 heteroatoms. The number of nitrogens with one attached hydrogen (secondary N) is 2. The first kappa shape index (κ1) is 18.3. The predicted molar refractivity (Wildman–Crippen MR) is 103 cm³/mol. The summed E-state index contributed by atoms with van der Waals surface area (Å²) in [5, 5.41) is 6.88. The molecule has 1 aromatic carbocycles. The van der Waals surface area contributed by atoms with Gasteiger partial charge in [0.15, 0.2) is 5.96 Å². The van der Waals surface area contributed by atoms with Crippen molar-refractivity contribution < 1.29 is 9.47 Å². The van der Waals surface area contributed by atoms with Crippen LogP contribution in [0.2, 0.25) is 0 Å². The van der Waals surface area contributed by atoms with Gasteiger partial charge in [-0.2, -0.15) is 0 Å². The summed E-state index contributed by atoms with van der Waals surface area (Å²) >= 11 is 0. The highest BCUT2D eigenvalue weighted by Gasteiger charge is 2.41. The van der Waals surface area contributed by atoms with E-state index in [1.807, 2.05) is 19.2 Å². The van der Waals surface area contributed by atoms with Gasteiger partial charge < -0.3 is 20.1 Å². The van der Waals surface area contributed by atoms with Crippen LogP contribution in [-0.2, 0) is 11.2 Å². The average molecular weight is 431 g/mol. The van der Waals surface area contributed by atoms with Crippen molar-refractivity contribution >= 4 is 29.9 Å². The number of aliphatic imine (C=N–C) groups is 1. The van der Waals surface area contributed by atoms with E-state index in [4.69, 9.17) is 9.47 Å². The van der Waals surface area contributed by atoms with E-state index in [-0.39, 0.29) is 24.0 Å². The lowest BCUT2D eigenvalue weighted by molar-refractivity contribution is 0.0992. The predicted octanol–water partition coefficient (Wildman–Crippen LogP) is 2.34. The van der Waals surface area contributed by atoms with E-state index < -0.39 is 0 Å². The van der Waals surface area contributed by atoms with E-state index in [0.717, 1.165) is 31.1 Å². The van der Waals surface area contributed by atoms with Gasteiger partial charge in [-0.1, -0.05) is 12.1 Å². The van der Waals surface area contributed by atoms with Crippen molar-refractivity contribution in [3.05, 3.63) is 29.8 Å². The highest BCUT2D eigenvalue weighted by molar-refractivity contribution is 14.0. The summed E-state index contributed by atoms with van der Waals surface area (Å²) in [6.45, 7) is 0.855. The van der Waals surface area contributed by atoms with Crippen LogP contribution >= 0.6 is 24.0 Å². The van der Waals surface area contributed by atoms with Crippen LogP contribution in [0.3, 0.4) is 0 Å². The molecule has 3 rings (SSSR count). The topological polar surface area (TPSA) is 54.9 Å². The van der Waals surface area contributed by atoms with Crippen molar-refractivity contribution in [1.82, 2.24) is 10.6 Å². The highest BCUT2D eigenvalue weighted by Crippen LogP contribution is 2.34. The first-order valence-corrected chi connectivity index (χ1v) is 8.04. The normalized spacial score (nSPS) is 25.8. The molecule has 2 bridgehead atoms. The largest absolute Gasteiger partial charge is 0.497 e. The smallest absolute Gasteiger partial charge is 0.191 e. The quantitative estimate of drug-likeness (QED) is 0.427. The van der Waals surface area contributed by atoms with Gasteiger partial charge in [0.2, 0.25) is 0 Å². The van der Waals surface area contributed by atoms with Crippen LogP contribution in [0.5, 0.6) is 5.75 Å². The molecular weight excluding hydrogens is 405 g/mol. The van der Waals surface area contributed by atoms with Crippen LogP contribution < -0.4 is 15.4 Å². The Kier molecular flexibility index (Phi) is 6.95. The van der Waals surface area contributed by atoms with E-state index in [1.54, 1.807) is 7.11 Å². The van der Waals surface area contributed by atoms with Crippen molar-refractivity contribution in [2.24, 2.45) is 4.99 Å². The Hall–Kier alpha value is -1.02. The Morgan fingerprint density at radius 2 is 2.09 bits per heavy atom. The molecule has 2 aliphatic rings. The monoisotopic (exact) mass is 431 g/mol. The number of methoxy groups -OCH3 is 1. The summed E-state index contributed by atoms with van der Waals surface area (Å²) in [4.78, 5) is 4.31. The van der Waals surface area contributed by atoms with Crippen LogP contribution in [0.4, 0.5) is 0 Å². The molecule has 3 unspecified atom stereocenters. The molecule has 2 saturated heterocycles. The molecule has 0 saturated carbocycles. The van der Waals surface area contributed by atoms with E-state index in [2.05, 4.69) is 27.8 Å². The highest BCUT2D eigenvalue weighted by atomic mass is 127. The van der Waals surface area contributed by atoms with Crippen molar-refractivity contribution in [1.29, 1.82) is 0 Å². The molecule has 2 aliphatic heterocycles. The van der Waals surface area contributed by atoms with Crippen molar-refractivity contribution in [3.63, 3.8) is 0 Å². The number of hydrogen-bond acceptors (Lipinski definition) is 3. The van der Waals surface area contributed by atoms with Gasteiger partial charge in [-0.3, -0.25) is 4.99 Å². The maximum Gasteiger partial charge on any atom is 0.191 e. The third-order valence-corrected chi connectivity index (χ3v) is 4.52. The Labute approximate surface area is 155 Å². The third kappa shape index (κ3) is 4.73. The Morgan fingerprint density at radius 3 is 2.65 bits per heavy atom. The summed E-state index contributed by atoms with van der Waals surface area (Å²) in [7, 11) is 3.50. The second-order valence-corrected chi connectivity index (χ2v) is 5.96. The molecule has 1 aromatic rings. The lowest BCUT2D eigenvalue weighted by atomic mass is 9.96. The average Bonchev–Trinajstić information content (AvgIpc) is 3.17. The minimum Gasteiger partial charge on any atom is -0.497 e. The Bertz CT molecular complexity index is 521. The van der Waals surface area contributed by atoms with Gasteiger partial charge in [-0.25, -0.2) is 0 Å². The SMILES string of the molecule is CN=C(NCCc1ccc(OC)cc1)NC1CC2CCC1O2.I. The standard InChI is InChI=1S/C17H25N3O2.HI/c1-18-17(20-15-11-14-7-8-16(15)22-14)19-10-9-12-3-5-13(21-2)6-4-12;/h3-6,14-16H,7-11H2,1-2H3,(H2,18,19,20);1H. The number of benzene rings is 1. The molecule has 0 amide bonds. The van der Waals surface area contributed by atoms with Gasteiger partial charge >= 0.3 is 0 Å². The second kappa shape index (κ2) is 8.73. The minimum absolute atomic E-state index is 0. The molecule has 23 heavy (non-hydrogen) atoms. The lowest BCUT2D eigenvalue weighted by Gasteiger charge is -2.22. The third-order valence-electron chi connectivity index (χ3n) is 4.52. The summed E-state index contributed by atoms with van der Waals surface area (Å²) in [5.41, 5.74) is 1.28. The summed E-state index contributed by atoms with van der Waals surface area (Å²) < 4.78 is 11.0. The van der Waals surface area contributed by atoms with Gasteiger partial charge in [-0.05, 0) is 43.4 Å². The second-order valence-electron chi connectivity index (χ2n) is 5.96. The number of rotatable bonds is 5. The fourth-order valence-corrected chi connectivity index (χ4v) is 3.28. The molecule has 0 aliphatic carbocycles. The number of ether oxygens (including phenoxy) is 2. The summed E-state index contributed by atoms with van der Waals surface area (Å²) in [6, 6.07) is 8.59. The van der Waals surface area contributed by atoms with Gasteiger partial charge in [0, 0.05) is 13.6 Å². The molecule has 0 aromatic heterocycles. The van der Waals surface area contributed by atoms with Crippen LogP contribution in [0, 0.1) is 0 Å². The van der Waals surface area contributed by atoms with E-state index in [9.17, 15) is 0 Å². The Balaban J connectivity index is 0.00000192. The maximum atomic E-state index is 5.87. The van der Waals surface area contributed by atoms with Crippen molar-refractivity contribution in [2.45, 2.75) is 43.9 Å². The number of guanidine groups is 1. The fourth-order valence-electron chi connectivity index (χ4n) is 3.28. The molecule has 3 atom stereocenters. The number of hydrogen-bond donors (Lipinski definition) is 2. The molecular formula is C17H26IN3O2. The van der Waals surface area contributed by atoms with E-state index in [0.29, 0.717) is 18.2 Å². The molecule has 2 N–H and O–H groups in total. The first-order chi connectivity index (χ1) is 10.8. The molecule has 2 fully saturated rings. The van der Waals surface area contributed by atoms with E-state index in [1.165, 1.54) is 18.4 Å². The molecule has 5 nitrogen and oxygen atoms in total. The van der Waals surface area contributed by atoms with Gasteiger partial charge in [0.1, 0.15) is 5.75 Å². The maximum absolute atomic E-state index is 5.87. The number of nitrogens with zero attached hydrogens (tertiary/aromatic N) is 1. The molecule has 0 radical (unpaired) electrons. The van der Waals surface area contributed by atoms with E-state index >= 15 is 0 Å². The zero-order valence-electron chi connectivity index (χ0n) is 13.7. The summed E-state index contributed by atoms with van der Waals surface area (Å²) in [5.74, 6) is 1.76. The van der Waals surface area contributed by atoms with Crippen molar-refractivity contribution in [3.8, 4) is 5.75 Å². The van der Waals surface area contributed by atoms with Crippen LogP contribution in [-0.4, -0.2) is 44.9 Å². The van der Waals surface area contributed by atoms with Crippen LogP contribution in [0.15, 0.2) is 29.3 Å². The van der Waals surface area contributed by atoms with Gasteiger partial charge in [0.05, 0.1) is 25.4 Å². The lowest BCUT2D eigenvalue weighted by Crippen LogP contribution is -2.47. The minimum atomic E-state index is 0. The Morgan fingerprint density at radius 1 is 1.30 bits per heavy atom. The van der Waals surface area contributed by atoms with Crippen LogP contribution in [0.25, 0.3) is 0 Å². The molecule has 0 spiro atoms. The molecule has 2 heterocycles. The number of fused-ring (bicyclic) bond motifs is 2.